The van der Waals surface area contributed by atoms with Gasteiger partial charge in [-0.1, -0.05) is 159 Å². The Hall–Kier alpha value is -7.82. The molecule has 14 rings (SSSR count). The van der Waals surface area contributed by atoms with Crippen molar-refractivity contribution in [3.63, 3.8) is 0 Å². The molecular formula is C58H37BN2O. The Balaban J connectivity index is 1.13. The lowest BCUT2D eigenvalue weighted by atomic mass is 9.33. The van der Waals surface area contributed by atoms with Gasteiger partial charge in [-0.15, -0.1) is 0 Å². The molecule has 0 atom stereocenters. The molecule has 0 spiro atoms. The number of para-hydroxylation sites is 1. The summed E-state index contributed by atoms with van der Waals surface area (Å²) in [5, 5.41) is 16.2. The van der Waals surface area contributed by atoms with Crippen molar-refractivity contribution in [2.24, 2.45) is 0 Å². The summed E-state index contributed by atoms with van der Waals surface area (Å²) in [5.74, 6) is 0.888. The van der Waals surface area contributed by atoms with Crippen molar-refractivity contribution < 1.29 is 4.42 Å². The molecule has 3 heterocycles. The zero-order valence-corrected chi connectivity index (χ0v) is 34.1. The van der Waals surface area contributed by atoms with E-state index in [0.29, 0.717) is 0 Å². The van der Waals surface area contributed by atoms with E-state index in [2.05, 4.69) is 211 Å². The van der Waals surface area contributed by atoms with Crippen molar-refractivity contribution in [2.75, 3.05) is 9.80 Å². The molecule has 2 aliphatic rings. The number of benzene rings is 11. The molecule has 2 aliphatic heterocycles. The summed E-state index contributed by atoms with van der Waals surface area (Å²) in [5.41, 5.74) is 11.8. The molecule has 1 aromatic heterocycles. The van der Waals surface area contributed by atoms with Crippen molar-refractivity contribution in [1.29, 1.82) is 0 Å². The van der Waals surface area contributed by atoms with Gasteiger partial charge in [0.05, 0.1) is 11.4 Å². The van der Waals surface area contributed by atoms with Crippen LogP contribution in [-0.4, -0.2) is 6.71 Å². The highest BCUT2D eigenvalue weighted by molar-refractivity contribution is 7.01. The molecule has 62 heavy (non-hydrogen) atoms. The van der Waals surface area contributed by atoms with Gasteiger partial charge in [0.25, 0.3) is 6.71 Å². The summed E-state index contributed by atoms with van der Waals surface area (Å²) < 4.78 is 7.24. The third-order valence-electron chi connectivity index (χ3n) is 14.0. The molecule has 0 saturated heterocycles. The first-order valence-corrected chi connectivity index (χ1v) is 21.8. The number of rotatable bonds is 3. The second-order valence-electron chi connectivity index (χ2n) is 17.0. The Morgan fingerprint density at radius 3 is 1.35 bits per heavy atom. The molecule has 288 valence electrons. The molecule has 0 amide bonds. The van der Waals surface area contributed by atoms with Crippen LogP contribution in [0.2, 0.25) is 0 Å². The van der Waals surface area contributed by atoms with Crippen LogP contribution >= 0.6 is 0 Å². The smallest absolute Gasteiger partial charge is 0.257 e. The molecule has 4 heteroatoms. The molecule has 12 aromatic rings. The lowest BCUT2D eigenvalue weighted by Crippen LogP contribution is -2.61. The van der Waals surface area contributed by atoms with E-state index in [4.69, 9.17) is 4.42 Å². The van der Waals surface area contributed by atoms with Crippen molar-refractivity contribution in [3.05, 3.63) is 200 Å². The zero-order valence-electron chi connectivity index (χ0n) is 34.1. The third kappa shape index (κ3) is 4.40. The predicted molar refractivity (Wildman–Crippen MR) is 265 cm³/mol. The van der Waals surface area contributed by atoms with Crippen LogP contribution in [0.25, 0.3) is 75.6 Å². The summed E-state index contributed by atoms with van der Waals surface area (Å²) in [7, 11) is 0. The molecule has 0 saturated carbocycles. The van der Waals surface area contributed by atoms with Gasteiger partial charge in [-0.25, -0.2) is 0 Å². The highest BCUT2D eigenvalue weighted by Gasteiger charge is 2.46. The summed E-state index contributed by atoms with van der Waals surface area (Å²) in [4.78, 5) is 5.01. The Morgan fingerprint density at radius 1 is 0.371 bits per heavy atom. The first-order chi connectivity index (χ1) is 30.8. The van der Waals surface area contributed by atoms with Crippen LogP contribution in [0.5, 0.6) is 0 Å². The van der Waals surface area contributed by atoms with Crippen LogP contribution in [0.4, 0.5) is 34.3 Å². The van der Waals surface area contributed by atoms with Gasteiger partial charge in [0.1, 0.15) is 5.58 Å². The highest BCUT2D eigenvalue weighted by atomic mass is 16.4. The SMILES string of the molecule is CCc1ccc2oc3c(c2c1)B1c2ccccc2N(c2cccc4c5ccccc5c5ccccc5c24)c2cccc(c21)N3c1cccc2c3ccccc3c3ccccc3c12. The van der Waals surface area contributed by atoms with Gasteiger partial charge in [0, 0.05) is 38.7 Å². The first-order valence-electron chi connectivity index (χ1n) is 21.8. The van der Waals surface area contributed by atoms with Gasteiger partial charge in [-0.05, 0) is 119 Å². The van der Waals surface area contributed by atoms with Gasteiger partial charge in [-0.2, -0.15) is 0 Å². The van der Waals surface area contributed by atoms with Gasteiger partial charge < -0.3 is 9.32 Å². The van der Waals surface area contributed by atoms with Crippen molar-refractivity contribution >= 4 is 133 Å². The number of hydrogen-bond donors (Lipinski definition) is 0. The minimum atomic E-state index is -0.0617. The Bertz CT molecular complexity index is 3810. The number of fused-ring (bicyclic) bond motifs is 18. The predicted octanol–water partition coefficient (Wildman–Crippen LogP) is 14.0. The monoisotopic (exact) mass is 788 g/mol. The minimum Gasteiger partial charge on any atom is -0.440 e. The van der Waals surface area contributed by atoms with E-state index in [1.807, 2.05) is 0 Å². The summed E-state index contributed by atoms with van der Waals surface area (Å²) >= 11 is 0. The average Bonchev–Trinajstić information content (AvgIpc) is 3.72. The molecule has 0 fully saturated rings. The van der Waals surface area contributed by atoms with Gasteiger partial charge >= 0.3 is 0 Å². The van der Waals surface area contributed by atoms with E-state index >= 15 is 0 Å². The molecule has 0 bridgehead atoms. The normalized spacial score (nSPS) is 13.2. The second kappa shape index (κ2) is 12.6. The van der Waals surface area contributed by atoms with Crippen LogP contribution in [-0.2, 0) is 6.42 Å². The Kier molecular flexibility index (Phi) is 6.90. The van der Waals surface area contributed by atoms with E-state index in [1.54, 1.807) is 0 Å². The Morgan fingerprint density at radius 2 is 0.790 bits per heavy atom. The summed E-state index contributed by atoms with van der Waals surface area (Å²) in [6.07, 6.45) is 0.947. The quantitative estimate of drug-likeness (QED) is 0.131. The molecule has 11 aromatic carbocycles. The van der Waals surface area contributed by atoms with Crippen molar-refractivity contribution in [1.82, 2.24) is 0 Å². The lowest BCUT2D eigenvalue weighted by Gasteiger charge is -2.42. The molecule has 3 nitrogen and oxygen atoms in total. The van der Waals surface area contributed by atoms with Crippen LogP contribution < -0.4 is 26.2 Å². The van der Waals surface area contributed by atoms with Crippen LogP contribution in [0.1, 0.15) is 12.5 Å². The number of hydrogen-bond acceptors (Lipinski definition) is 3. The molecule has 0 unspecified atom stereocenters. The van der Waals surface area contributed by atoms with E-state index < -0.39 is 0 Å². The maximum Gasteiger partial charge on any atom is 0.257 e. The fourth-order valence-electron chi connectivity index (χ4n) is 11.4. The minimum absolute atomic E-state index is 0.0617. The number of furan rings is 1. The number of nitrogens with zero attached hydrogens (tertiary/aromatic N) is 2. The second-order valence-corrected chi connectivity index (χ2v) is 17.0. The zero-order chi connectivity index (χ0) is 40.6. The van der Waals surface area contributed by atoms with Crippen LogP contribution in [0.3, 0.4) is 0 Å². The van der Waals surface area contributed by atoms with E-state index in [0.717, 1.165) is 29.3 Å². The fraction of sp³-hybridized carbons (Fsp3) is 0.0345. The van der Waals surface area contributed by atoms with Crippen molar-refractivity contribution in [3.8, 4) is 0 Å². The largest absolute Gasteiger partial charge is 0.440 e. The number of aryl methyl sites for hydroxylation is 1. The van der Waals surface area contributed by atoms with Crippen molar-refractivity contribution in [2.45, 2.75) is 13.3 Å². The molecule has 0 aliphatic carbocycles. The molecule has 0 radical (unpaired) electrons. The van der Waals surface area contributed by atoms with E-state index in [9.17, 15) is 0 Å². The topological polar surface area (TPSA) is 19.6 Å². The van der Waals surface area contributed by atoms with Gasteiger partial charge in [0.15, 0.2) is 0 Å². The highest BCUT2D eigenvalue weighted by Crippen LogP contribution is 2.51. The first kappa shape index (κ1) is 34.0. The third-order valence-corrected chi connectivity index (χ3v) is 14.0. The van der Waals surface area contributed by atoms with Crippen LogP contribution in [0, 0.1) is 0 Å². The fourth-order valence-corrected chi connectivity index (χ4v) is 11.4. The maximum atomic E-state index is 7.24. The van der Waals surface area contributed by atoms with Crippen LogP contribution in [0.15, 0.2) is 199 Å². The van der Waals surface area contributed by atoms with Gasteiger partial charge in [-0.3, -0.25) is 4.90 Å². The Labute approximate surface area is 358 Å². The standard InChI is InChI=1S/C58H37BN2O/c1-2-35-32-33-53-46(34-35)56-58(62-53)61(50-29-14-25-45-41-19-6-4-17-37(41)39-21-8-10-23-43(39)55(45)50)52-31-15-30-51-57(52)59(56)47-26-11-12-27-48(47)60(51)49-28-13-24-44-40-18-5-3-16-36(40)38-20-7-9-22-42(38)54(44)49/h3-34H,2H2,1H3. The lowest BCUT2D eigenvalue weighted by molar-refractivity contribution is 0.623. The summed E-state index contributed by atoms with van der Waals surface area (Å²) in [6, 6.07) is 72.1. The molecule has 0 N–H and O–H groups in total. The van der Waals surface area contributed by atoms with E-state index in [-0.39, 0.29) is 6.71 Å². The maximum absolute atomic E-state index is 7.24. The summed E-state index contributed by atoms with van der Waals surface area (Å²) in [6.45, 7) is 2.18. The van der Waals surface area contributed by atoms with E-state index in [1.165, 1.54) is 109 Å². The van der Waals surface area contributed by atoms with Gasteiger partial charge in [0.2, 0.25) is 5.88 Å². The molecular weight excluding hydrogens is 751 g/mol. The average molecular weight is 789 g/mol. The number of anilines is 6.